The van der Waals surface area contributed by atoms with Gasteiger partial charge in [-0.2, -0.15) is 4.98 Å². The molecule has 0 spiro atoms. The first-order chi connectivity index (χ1) is 18.4. The molecule has 0 radical (unpaired) electrons. The molecule has 5 aromatic rings. The van der Waals surface area contributed by atoms with E-state index in [1.54, 1.807) is 0 Å². The molecular weight excluding hydrogens is 472 g/mol. The van der Waals surface area contributed by atoms with Gasteiger partial charge >= 0.3 is 0 Å². The number of anilines is 2. The van der Waals surface area contributed by atoms with E-state index in [0.29, 0.717) is 11.7 Å². The summed E-state index contributed by atoms with van der Waals surface area (Å²) >= 11 is 0. The van der Waals surface area contributed by atoms with Crippen molar-refractivity contribution in [1.29, 1.82) is 5.41 Å². The van der Waals surface area contributed by atoms with E-state index in [-0.39, 0.29) is 0 Å². The lowest BCUT2D eigenvalue weighted by molar-refractivity contribution is 0.428. The molecule has 1 aliphatic heterocycles. The molecule has 3 aromatic carbocycles. The number of nitrogens with zero attached hydrogens (tertiary/aromatic N) is 4. The van der Waals surface area contributed by atoms with Crippen molar-refractivity contribution in [3.63, 3.8) is 0 Å². The molecule has 0 saturated carbocycles. The number of hydrogen-bond acceptors (Lipinski definition) is 6. The summed E-state index contributed by atoms with van der Waals surface area (Å²) in [6.45, 7) is 8.37. The van der Waals surface area contributed by atoms with Gasteiger partial charge in [0.2, 0.25) is 5.82 Å². The third-order valence-corrected chi connectivity index (χ3v) is 7.81. The number of nitrogens with one attached hydrogen (secondary N) is 2. The Labute approximate surface area is 222 Å². The van der Waals surface area contributed by atoms with Crippen molar-refractivity contribution >= 4 is 28.5 Å². The summed E-state index contributed by atoms with van der Waals surface area (Å²) in [5, 5.41) is 16.4. The van der Waals surface area contributed by atoms with Crippen molar-refractivity contribution in [1.82, 2.24) is 14.7 Å². The lowest BCUT2D eigenvalue weighted by Gasteiger charge is -2.31. The number of aryl methyl sites for hydroxylation is 1. The fraction of sp³-hybridized carbons (Fsp3) is 0.258. The topological polar surface area (TPSA) is 83.0 Å². The second-order valence-corrected chi connectivity index (χ2v) is 10.0. The van der Waals surface area contributed by atoms with Crippen LogP contribution in [0, 0.1) is 19.3 Å². The Morgan fingerprint density at radius 3 is 2.53 bits per heavy atom. The first-order valence-electron chi connectivity index (χ1n) is 13.1. The Morgan fingerprint density at radius 1 is 1.05 bits per heavy atom. The van der Waals surface area contributed by atoms with Crippen LogP contribution in [-0.2, 0) is 13.0 Å². The highest BCUT2D eigenvalue weighted by molar-refractivity contribution is 6.08. The molecule has 1 aliphatic rings. The molecule has 7 nitrogen and oxygen atoms in total. The van der Waals surface area contributed by atoms with Crippen molar-refractivity contribution in [3.8, 4) is 34.1 Å². The largest absolute Gasteiger partial charge is 0.388 e. The van der Waals surface area contributed by atoms with Crippen molar-refractivity contribution in [3.05, 3.63) is 70.8 Å². The van der Waals surface area contributed by atoms with E-state index in [4.69, 9.17) is 14.9 Å². The fourth-order valence-electron chi connectivity index (χ4n) is 5.89. The van der Waals surface area contributed by atoms with Crippen LogP contribution >= 0.6 is 0 Å². The normalized spacial score (nSPS) is 12.8. The van der Waals surface area contributed by atoms with Gasteiger partial charge in [-0.1, -0.05) is 41.9 Å². The summed E-state index contributed by atoms with van der Waals surface area (Å²) in [5.41, 5.74) is 12.4. The molecule has 7 heteroatoms. The maximum atomic E-state index is 7.76. The molecule has 2 aromatic heterocycles. The Balaban J connectivity index is 1.57. The zero-order valence-electron chi connectivity index (χ0n) is 22.5. The lowest BCUT2D eigenvalue weighted by Crippen LogP contribution is -2.29. The first-order valence-corrected chi connectivity index (χ1v) is 13.1. The van der Waals surface area contributed by atoms with Crippen LogP contribution in [0.3, 0.4) is 0 Å². The van der Waals surface area contributed by atoms with Gasteiger partial charge in [0, 0.05) is 55.6 Å². The molecule has 0 atom stereocenters. The average molecular weight is 505 g/mol. The smallest absolute Gasteiger partial charge is 0.274 e. The van der Waals surface area contributed by atoms with Gasteiger partial charge < -0.3 is 24.7 Å². The Kier molecular flexibility index (Phi) is 5.79. The van der Waals surface area contributed by atoms with Crippen molar-refractivity contribution in [2.24, 2.45) is 0 Å². The molecule has 0 amide bonds. The summed E-state index contributed by atoms with van der Waals surface area (Å²) in [6.07, 6.45) is 2.29. The van der Waals surface area contributed by atoms with Crippen LogP contribution in [0.4, 0.5) is 11.4 Å². The molecule has 0 saturated heterocycles. The Hall–Kier alpha value is -4.39. The lowest BCUT2D eigenvalue weighted by atomic mass is 9.89. The molecular formula is C31H32N6O. The molecule has 2 N–H and O–H groups in total. The number of aromatic nitrogens is 3. The van der Waals surface area contributed by atoms with Crippen LogP contribution in [0.15, 0.2) is 53.1 Å². The molecule has 6 rings (SSSR count). The monoisotopic (exact) mass is 504 g/mol. The van der Waals surface area contributed by atoms with E-state index in [0.717, 1.165) is 42.0 Å². The average Bonchev–Trinajstić information content (AvgIpc) is 3.57. The minimum atomic E-state index is 0.506. The second kappa shape index (κ2) is 9.17. The SMILES string of the molecule is CCc1c(C)c2c3c(cc(-c4nc(-c5ccc(NC)c(C=N)c5)no4)n3CCN2C)c1-c1ccc(C)cc1. The standard InChI is InChI=1S/C31H32N6O/c1-6-23-19(3)28-29-24(27(23)20-9-7-18(2)8-10-20)16-26(37(29)14-13-36(28)5)31-34-30(35-38-31)21-11-12-25(33-4)22(15-21)17-32/h7-12,15-17,32-33H,6,13-14H2,1-5H3. The highest BCUT2D eigenvalue weighted by atomic mass is 16.5. The van der Waals surface area contributed by atoms with E-state index in [1.807, 2.05) is 25.2 Å². The molecule has 192 valence electrons. The third-order valence-electron chi connectivity index (χ3n) is 7.81. The van der Waals surface area contributed by atoms with Gasteiger partial charge in [-0.05, 0) is 66.8 Å². The van der Waals surface area contributed by atoms with Gasteiger partial charge in [0.1, 0.15) is 5.69 Å². The highest BCUT2D eigenvalue weighted by Gasteiger charge is 2.29. The molecule has 3 heterocycles. The summed E-state index contributed by atoms with van der Waals surface area (Å²) in [4.78, 5) is 7.21. The second-order valence-electron chi connectivity index (χ2n) is 10.0. The summed E-state index contributed by atoms with van der Waals surface area (Å²) in [6, 6.07) is 16.9. The maximum absolute atomic E-state index is 7.76. The van der Waals surface area contributed by atoms with Crippen LogP contribution in [0.25, 0.3) is 45.0 Å². The molecule has 0 aliphatic carbocycles. The van der Waals surface area contributed by atoms with E-state index >= 15 is 0 Å². The van der Waals surface area contributed by atoms with E-state index in [2.05, 4.69) is 78.1 Å². The van der Waals surface area contributed by atoms with Crippen LogP contribution in [0.2, 0.25) is 0 Å². The van der Waals surface area contributed by atoms with Crippen LogP contribution in [0.5, 0.6) is 0 Å². The highest BCUT2D eigenvalue weighted by Crippen LogP contribution is 2.46. The van der Waals surface area contributed by atoms with E-state index in [1.165, 1.54) is 50.6 Å². The number of likely N-dealkylation sites (N-methyl/N-ethyl adjacent to an activating group) is 1. The maximum Gasteiger partial charge on any atom is 0.274 e. The van der Waals surface area contributed by atoms with Crippen molar-refractivity contribution in [2.45, 2.75) is 33.7 Å². The van der Waals surface area contributed by atoms with Gasteiger partial charge in [0.15, 0.2) is 0 Å². The zero-order valence-corrected chi connectivity index (χ0v) is 22.5. The minimum Gasteiger partial charge on any atom is -0.388 e. The van der Waals surface area contributed by atoms with Crippen LogP contribution in [0.1, 0.15) is 29.2 Å². The molecule has 0 fully saturated rings. The van der Waals surface area contributed by atoms with Gasteiger partial charge in [-0.15, -0.1) is 0 Å². The van der Waals surface area contributed by atoms with Gasteiger partial charge in [0.25, 0.3) is 5.89 Å². The van der Waals surface area contributed by atoms with E-state index in [9.17, 15) is 0 Å². The first kappa shape index (κ1) is 24.0. The summed E-state index contributed by atoms with van der Waals surface area (Å²) in [5.74, 6) is 1.02. The Morgan fingerprint density at radius 2 is 1.82 bits per heavy atom. The summed E-state index contributed by atoms with van der Waals surface area (Å²) < 4.78 is 8.22. The van der Waals surface area contributed by atoms with Crippen molar-refractivity contribution < 1.29 is 4.52 Å². The Bertz CT molecular complexity index is 1690. The zero-order chi connectivity index (χ0) is 26.6. The predicted octanol–water partition coefficient (Wildman–Crippen LogP) is 6.69. The molecule has 0 bridgehead atoms. The third kappa shape index (κ3) is 3.61. The minimum absolute atomic E-state index is 0.506. The van der Waals surface area contributed by atoms with Crippen molar-refractivity contribution in [2.75, 3.05) is 30.9 Å². The van der Waals surface area contributed by atoms with Crippen LogP contribution < -0.4 is 10.2 Å². The number of rotatable bonds is 6. The van der Waals surface area contributed by atoms with Gasteiger partial charge in [-0.25, -0.2) is 0 Å². The van der Waals surface area contributed by atoms with Crippen LogP contribution in [-0.4, -0.2) is 41.6 Å². The molecule has 0 unspecified atom stereocenters. The predicted molar refractivity (Wildman–Crippen MR) is 156 cm³/mol. The number of benzene rings is 3. The summed E-state index contributed by atoms with van der Waals surface area (Å²) in [7, 11) is 4.03. The van der Waals surface area contributed by atoms with Gasteiger partial charge in [0.05, 0.1) is 11.2 Å². The quantitative estimate of drug-likeness (QED) is 0.252. The number of hydrogen-bond donors (Lipinski definition) is 2. The molecule has 38 heavy (non-hydrogen) atoms. The fourth-order valence-corrected chi connectivity index (χ4v) is 5.89. The van der Waals surface area contributed by atoms with Gasteiger partial charge in [-0.3, -0.25) is 0 Å². The van der Waals surface area contributed by atoms with E-state index < -0.39 is 0 Å².